The lowest BCUT2D eigenvalue weighted by Crippen LogP contribution is -2.55. The molecule has 2 saturated heterocycles. The molecule has 2 N–H and O–H groups in total. The number of likely N-dealkylation sites (tertiary alicyclic amines) is 1. The number of hydrazine groups is 1. The first-order valence-electron chi connectivity index (χ1n) is 13.4. The van der Waals surface area contributed by atoms with E-state index in [1.807, 2.05) is 11.8 Å². The molecule has 0 saturated carbocycles. The van der Waals surface area contributed by atoms with Crippen LogP contribution in [-0.2, 0) is 9.47 Å². The van der Waals surface area contributed by atoms with Gasteiger partial charge in [0, 0.05) is 64.5 Å². The number of nitrogens with one attached hydrogen (secondary N) is 1. The zero-order chi connectivity index (χ0) is 26.9. The van der Waals surface area contributed by atoms with Crippen molar-refractivity contribution in [1.82, 2.24) is 20.2 Å². The topological polar surface area (TPSA) is 94.6 Å². The Morgan fingerprint density at radius 1 is 1.30 bits per heavy atom. The van der Waals surface area contributed by atoms with E-state index < -0.39 is 12.2 Å². The van der Waals surface area contributed by atoms with E-state index in [4.69, 9.17) is 14.6 Å². The summed E-state index contributed by atoms with van der Waals surface area (Å²) in [5.41, 5.74) is 4.47. The molecule has 0 radical (unpaired) electrons. The number of hydrogen-bond donors (Lipinski definition) is 2. The molecule has 0 bridgehead atoms. The van der Waals surface area contributed by atoms with Gasteiger partial charge in [0.15, 0.2) is 0 Å². The number of rotatable bonds is 10. The van der Waals surface area contributed by atoms with E-state index in [2.05, 4.69) is 12.3 Å². The lowest BCUT2D eigenvalue weighted by molar-refractivity contribution is -0.0210. The van der Waals surface area contributed by atoms with Crippen LogP contribution in [0.25, 0.3) is 0 Å². The second-order valence-corrected chi connectivity index (χ2v) is 10.4. The monoisotopic (exact) mass is 522 g/mol. The smallest absolute Gasteiger partial charge is 0.407 e. The zero-order valence-corrected chi connectivity index (χ0v) is 22.6. The number of benzene rings is 1. The van der Waals surface area contributed by atoms with Crippen molar-refractivity contribution in [3.8, 4) is 0 Å². The van der Waals surface area contributed by atoms with Crippen molar-refractivity contribution in [1.29, 1.82) is 0 Å². The van der Waals surface area contributed by atoms with Crippen molar-refractivity contribution in [2.45, 2.75) is 58.1 Å². The molecule has 1 aromatic rings. The third kappa shape index (κ3) is 8.02. The summed E-state index contributed by atoms with van der Waals surface area (Å²) in [5.74, 6) is 0.0636. The summed E-state index contributed by atoms with van der Waals surface area (Å²) in [6.07, 6.45) is 2.88. The van der Waals surface area contributed by atoms with Crippen molar-refractivity contribution >= 4 is 12.1 Å². The normalized spacial score (nSPS) is 20.4. The molecule has 3 amide bonds. The van der Waals surface area contributed by atoms with Crippen LogP contribution in [0.15, 0.2) is 18.2 Å². The Morgan fingerprint density at radius 3 is 2.70 bits per heavy atom. The molecular formula is C27H43FN4O5. The minimum absolute atomic E-state index is 0.0220. The van der Waals surface area contributed by atoms with E-state index in [1.165, 1.54) is 13.1 Å². The SMILES string of the molecule is CNN(C(=O)N1CCCC([C@@H](OCCN(C)C(=O)O)c2cc(C)ccc2F)C1)C(C)CC1CCOCC1. The Bertz CT molecular complexity index is 898. The maximum Gasteiger partial charge on any atom is 0.407 e. The first-order valence-corrected chi connectivity index (χ1v) is 13.4. The van der Waals surface area contributed by atoms with Crippen molar-refractivity contribution in [2.75, 3.05) is 53.6 Å². The van der Waals surface area contributed by atoms with Crippen LogP contribution in [0.5, 0.6) is 0 Å². The number of amides is 3. The highest BCUT2D eigenvalue weighted by atomic mass is 19.1. The Hall–Kier alpha value is -2.43. The molecule has 2 aliphatic rings. The van der Waals surface area contributed by atoms with Gasteiger partial charge in [0.1, 0.15) is 5.82 Å². The van der Waals surface area contributed by atoms with Gasteiger partial charge < -0.3 is 24.4 Å². The zero-order valence-electron chi connectivity index (χ0n) is 22.6. The van der Waals surface area contributed by atoms with E-state index >= 15 is 0 Å². The number of aryl methyl sites for hydroxylation is 1. The number of halogens is 1. The van der Waals surface area contributed by atoms with E-state index in [-0.39, 0.29) is 37.0 Å². The van der Waals surface area contributed by atoms with Crippen molar-refractivity contribution in [2.24, 2.45) is 11.8 Å². The Kier molecular flexibility index (Phi) is 11.0. The van der Waals surface area contributed by atoms with Gasteiger partial charge >= 0.3 is 12.1 Å². The fourth-order valence-electron chi connectivity index (χ4n) is 5.43. The van der Waals surface area contributed by atoms with Crippen LogP contribution in [0.4, 0.5) is 14.0 Å². The van der Waals surface area contributed by atoms with E-state index in [9.17, 15) is 14.0 Å². The summed E-state index contributed by atoms with van der Waals surface area (Å²) in [7, 11) is 3.25. The number of nitrogens with zero attached hydrogens (tertiary/aromatic N) is 3. The number of urea groups is 1. The highest BCUT2D eigenvalue weighted by Crippen LogP contribution is 2.35. The van der Waals surface area contributed by atoms with Crippen molar-refractivity contribution < 1.29 is 28.6 Å². The highest BCUT2D eigenvalue weighted by Gasteiger charge is 2.35. The van der Waals surface area contributed by atoms with Gasteiger partial charge in [-0.2, -0.15) is 0 Å². The Morgan fingerprint density at radius 2 is 2.03 bits per heavy atom. The van der Waals surface area contributed by atoms with Crippen LogP contribution in [0.2, 0.25) is 0 Å². The molecule has 10 heteroatoms. The third-order valence-electron chi connectivity index (χ3n) is 7.57. The fourth-order valence-corrected chi connectivity index (χ4v) is 5.43. The number of ether oxygens (including phenoxy) is 2. The van der Waals surface area contributed by atoms with Crippen molar-refractivity contribution in [3.63, 3.8) is 0 Å². The quantitative estimate of drug-likeness (QED) is 0.446. The molecule has 2 heterocycles. The molecule has 0 aliphatic carbocycles. The van der Waals surface area contributed by atoms with Crippen LogP contribution >= 0.6 is 0 Å². The number of likely N-dealkylation sites (N-methyl/N-ethyl adjacent to an activating group) is 1. The molecule has 2 aliphatic heterocycles. The number of hydrogen-bond acceptors (Lipinski definition) is 5. The van der Waals surface area contributed by atoms with Crippen LogP contribution in [0.1, 0.15) is 56.3 Å². The largest absolute Gasteiger partial charge is 0.465 e. The molecule has 2 fully saturated rings. The maximum atomic E-state index is 15.0. The summed E-state index contributed by atoms with van der Waals surface area (Å²) in [4.78, 5) is 27.8. The van der Waals surface area contributed by atoms with Gasteiger partial charge in [-0.1, -0.05) is 17.7 Å². The third-order valence-corrected chi connectivity index (χ3v) is 7.57. The minimum atomic E-state index is -1.04. The van der Waals surface area contributed by atoms with Crippen LogP contribution in [-0.4, -0.2) is 91.6 Å². The Labute approximate surface area is 219 Å². The van der Waals surface area contributed by atoms with Crippen LogP contribution in [0.3, 0.4) is 0 Å². The summed E-state index contributed by atoms with van der Waals surface area (Å²) >= 11 is 0. The van der Waals surface area contributed by atoms with Crippen LogP contribution in [0, 0.1) is 24.6 Å². The highest BCUT2D eigenvalue weighted by molar-refractivity contribution is 5.74. The number of carbonyl (C=O) groups is 2. The standard InChI is InChI=1S/C27H43FN4O5/c1-19-7-8-24(28)23(16-19)25(37-15-12-30(4)27(34)35)22-6-5-11-31(18-22)26(33)32(29-3)20(2)17-21-9-13-36-14-10-21/h7-8,16,20-22,25,29H,5-6,9-15,17-18H2,1-4H3,(H,34,35)/t20?,22?,25-/m1/s1. The van der Waals surface area contributed by atoms with E-state index in [0.717, 1.165) is 55.8 Å². The van der Waals surface area contributed by atoms with Gasteiger partial charge in [0.2, 0.25) is 0 Å². The molecule has 208 valence electrons. The van der Waals surface area contributed by atoms with Gasteiger partial charge in [0.05, 0.1) is 12.7 Å². The molecular weight excluding hydrogens is 479 g/mol. The van der Waals surface area contributed by atoms with Gasteiger partial charge in [-0.25, -0.2) is 19.4 Å². The lowest BCUT2D eigenvalue weighted by atomic mass is 9.87. The first-order chi connectivity index (χ1) is 17.7. The van der Waals surface area contributed by atoms with Crippen molar-refractivity contribution in [3.05, 3.63) is 35.1 Å². The molecule has 2 unspecified atom stereocenters. The number of piperidine rings is 1. The summed E-state index contributed by atoms with van der Waals surface area (Å²) in [6, 6.07) is 4.89. The van der Waals surface area contributed by atoms with Gasteiger partial charge in [-0.15, -0.1) is 0 Å². The average molecular weight is 523 g/mol. The second kappa shape index (κ2) is 13.9. The fraction of sp³-hybridized carbons (Fsp3) is 0.704. The summed E-state index contributed by atoms with van der Waals surface area (Å²) in [5, 5.41) is 10.9. The van der Waals surface area contributed by atoms with Gasteiger partial charge in [-0.05, 0) is 57.9 Å². The maximum absolute atomic E-state index is 15.0. The molecule has 37 heavy (non-hydrogen) atoms. The van der Waals surface area contributed by atoms with Gasteiger partial charge in [-0.3, -0.25) is 5.01 Å². The van der Waals surface area contributed by atoms with Gasteiger partial charge in [0.25, 0.3) is 0 Å². The van der Waals surface area contributed by atoms with Crippen LogP contribution < -0.4 is 5.43 Å². The average Bonchev–Trinajstić information content (AvgIpc) is 2.89. The predicted molar refractivity (Wildman–Crippen MR) is 139 cm³/mol. The minimum Gasteiger partial charge on any atom is -0.465 e. The lowest BCUT2D eigenvalue weighted by Gasteiger charge is -2.41. The first kappa shape index (κ1) is 29.1. The van der Waals surface area contributed by atoms with E-state index in [1.54, 1.807) is 24.2 Å². The number of carbonyl (C=O) groups excluding carboxylic acids is 1. The summed E-state index contributed by atoms with van der Waals surface area (Å²) < 4.78 is 26.6. The van der Waals surface area contributed by atoms with E-state index in [0.29, 0.717) is 24.6 Å². The predicted octanol–water partition coefficient (Wildman–Crippen LogP) is 4.28. The molecule has 3 rings (SSSR count). The molecule has 0 spiro atoms. The summed E-state index contributed by atoms with van der Waals surface area (Å²) in [6.45, 7) is 6.89. The molecule has 1 aromatic carbocycles. The molecule has 0 aromatic heterocycles. The Balaban J connectivity index is 1.72. The molecule has 3 atom stereocenters. The molecule has 9 nitrogen and oxygen atoms in total. The number of carboxylic acid groups (broad SMARTS) is 1. The second-order valence-electron chi connectivity index (χ2n) is 10.4.